The summed E-state index contributed by atoms with van der Waals surface area (Å²) in [4.78, 5) is 9.23. The maximum Gasteiger partial charge on any atom is 0.162 e. The quantitative estimate of drug-likeness (QED) is 0.623. The van der Waals surface area contributed by atoms with Crippen molar-refractivity contribution in [1.82, 2.24) is 9.97 Å². The highest BCUT2D eigenvalue weighted by atomic mass is 127. The SMILES string of the molecule is Cl.OCCNc1nc(-c2ccc(I)cc2)nc2ccccc12. The first kappa shape index (κ1) is 16.9. The van der Waals surface area contributed by atoms with Crippen molar-refractivity contribution in [3.8, 4) is 11.4 Å². The van der Waals surface area contributed by atoms with E-state index in [-0.39, 0.29) is 19.0 Å². The highest BCUT2D eigenvalue weighted by Crippen LogP contribution is 2.25. The first-order chi connectivity index (χ1) is 10.3. The zero-order valence-electron chi connectivity index (χ0n) is 11.7. The fourth-order valence-corrected chi connectivity index (χ4v) is 2.47. The molecule has 0 aliphatic rings. The molecule has 0 unspecified atom stereocenters. The first-order valence-corrected chi connectivity index (χ1v) is 7.73. The molecule has 4 nitrogen and oxygen atoms in total. The molecule has 3 rings (SSSR count). The number of hydrogen-bond acceptors (Lipinski definition) is 4. The lowest BCUT2D eigenvalue weighted by atomic mass is 10.2. The van der Waals surface area contributed by atoms with Gasteiger partial charge in [-0.1, -0.05) is 24.3 Å². The number of nitrogens with one attached hydrogen (secondary N) is 1. The Morgan fingerprint density at radius 1 is 1.00 bits per heavy atom. The number of aromatic nitrogens is 2. The first-order valence-electron chi connectivity index (χ1n) is 6.65. The number of fused-ring (bicyclic) bond motifs is 1. The van der Waals surface area contributed by atoms with Gasteiger partial charge in [0.15, 0.2) is 5.82 Å². The van der Waals surface area contributed by atoms with Crippen LogP contribution in [-0.4, -0.2) is 28.2 Å². The second-order valence-corrected chi connectivity index (χ2v) is 5.82. The Morgan fingerprint density at radius 2 is 1.73 bits per heavy atom. The van der Waals surface area contributed by atoms with Gasteiger partial charge in [-0.3, -0.25) is 0 Å². The topological polar surface area (TPSA) is 58.0 Å². The maximum absolute atomic E-state index is 9.01. The van der Waals surface area contributed by atoms with Crippen molar-refractivity contribution in [1.29, 1.82) is 0 Å². The van der Waals surface area contributed by atoms with Crippen LogP contribution < -0.4 is 5.32 Å². The zero-order chi connectivity index (χ0) is 14.7. The van der Waals surface area contributed by atoms with Crippen LogP contribution in [0.15, 0.2) is 48.5 Å². The van der Waals surface area contributed by atoms with Gasteiger partial charge in [0.05, 0.1) is 12.1 Å². The molecule has 0 spiro atoms. The summed E-state index contributed by atoms with van der Waals surface area (Å²) in [7, 11) is 0. The second-order valence-electron chi connectivity index (χ2n) is 4.57. The predicted molar refractivity (Wildman–Crippen MR) is 101 cm³/mol. The molecule has 3 aromatic rings. The summed E-state index contributed by atoms with van der Waals surface area (Å²) in [5.41, 5.74) is 1.87. The van der Waals surface area contributed by atoms with Crippen molar-refractivity contribution in [2.45, 2.75) is 0 Å². The molecular weight excluding hydrogens is 413 g/mol. The Hall–Kier alpha value is -1.44. The Morgan fingerprint density at radius 3 is 2.45 bits per heavy atom. The van der Waals surface area contributed by atoms with Crippen LogP contribution in [0.2, 0.25) is 0 Å². The number of nitrogens with zero attached hydrogens (tertiary/aromatic N) is 2. The third-order valence-electron chi connectivity index (χ3n) is 3.11. The van der Waals surface area contributed by atoms with Crippen LogP contribution in [0.4, 0.5) is 5.82 Å². The number of halogens is 2. The van der Waals surface area contributed by atoms with Gasteiger partial charge in [0.2, 0.25) is 0 Å². The molecule has 0 amide bonds. The van der Waals surface area contributed by atoms with E-state index < -0.39 is 0 Å². The number of hydrogen-bond donors (Lipinski definition) is 2. The summed E-state index contributed by atoms with van der Waals surface area (Å²) in [6, 6.07) is 16.0. The normalized spacial score (nSPS) is 10.3. The van der Waals surface area contributed by atoms with Crippen LogP contribution in [0.3, 0.4) is 0 Å². The summed E-state index contributed by atoms with van der Waals surface area (Å²) < 4.78 is 1.18. The number of aliphatic hydroxyl groups is 1. The molecule has 0 saturated carbocycles. The van der Waals surface area contributed by atoms with E-state index in [0.29, 0.717) is 12.4 Å². The lowest BCUT2D eigenvalue weighted by Gasteiger charge is -2.10. The third-order valence-corrected chi connectivity index (χ3v) is 3.83. The van der Waals surface area contributed by atoms with Crippen LogP contribution >= 0.6 is 35.0 Å². The maximum atomic E-state index is 9.01. The molecule has 22 heavy (non-hydrogen) atoms. The molecule has 0 aliphatic carbocycles. The Bertz CT molecular complexity index is 765. The van der Waals surface area contributed by atoms with E-state index in [2.05, 4.69) is 37.9 Å². The molecule has 1 heterocycles. The number of benzene rings is 2. The zero-order valence-corrected chi connectivity index (χ0v) is 14.6. The standard InChI is InChI=1S/C16H14IN3O.ClH/c17-12-7-5-11(6-8-12)15-19-14-4-2-1-3-13(14)16(20-15)18-9-10-21;/h1-8,21H,9-10H2,(H,18,19,20);1H. The van der Waals surface area contributed by atoms with E-state index in [1.807, 2.05) is 48.5 Å². The Kier molecular flexibility index (Phi) is 5.93. The van der Waals surface area contributed by atoms with Gasteiger partial charge in [-0.05, 0) is 46.9 Å². The average Bonchev–Trinajstić information content (AvgIpc) is 2.53. The summed E-state index contributed by atoms with van der Waals surface area (Å²) in [5.74, 6) is 1.44. The molecule has 0 aliphatic heterocycles. The molecule has 0 fully saturated rings. The minimum Gasteiger partial charge on any atom is -0.395 e. The fourth-order valence-electron chi connectivity index (χ4n) is 2.11. The van der Waals surface area contributed by atoms with E-state index in [1.54, 1.807) is 0 Å². The van der Waals surface area contributed by atoms with Crippen LogP contribution in [0, 0.1) is 3.57 Å². The van der Waals surface area contributed by atoms with E-state index in [0.717, 1.165) is 22.3 Å². The predicted octanol–water partition coefficient (Wildman–Crippen LogP) is 3.73. The monoisotopic (exact) mass is 427 g/mol. The van der Waals surface area contributed by atoms with Gasteiger partial charge in [0, 0.05) is 21.1 Å². The summed E-state index contributed by atoms with van der Waals surface area (Å²) in [5, 5.41) is 13.1. The second kappa shape index (κ2) is 7.71. The molecule has 0 saturated heterocycles. The minimum absolute atomic E-state index is 0. The van der Waals surface area contributed by atoms with Gasteiger partial charge >= 0.3 is 0 Å². The molecule has 6 heteroatoms. The lowest BCUT2D eigenvalue weighted by Crippen LogP contribution is -2.08. The van der Waals surface area contributed by atoms with Crippen LogP contribution in [-0.2, 0) is 0 Å². The number of para-hydroxylation sites is 1. The molecule has 0 atom stereocenters. The molecule has 0 radical (unpaired) electrons. The minimum atomic E-state index is 0. The largest absolute Gasteiger partial charge is 0.395 e. The van der Waals surface area contributed by atoms with Crippen molar-refractivity contribution in [2.24, 2.45) is 0 Å². The summed E-state index contributed by atoms with van der Waals surface area (Å²) in [6.45, 7) is 0.532. The molecule has 1 aromatic heterocycles. The number of anilines is 1. The van der Waals surface area contributed by atoms with E-state index in [4.69, 9.17) is 5.11 Å². The Labute approximate surface area is 148 Å². The molecule has 114 valence electrons. The van der Waals surface area contributed by atoms with E-state index >= 15 is 0 Å². The van der Waals surface area contributed by atoms with Crippen molar-refractivity contribution >= 4 is 51.7 Å². The number of rotatable bonds is 4. The highest BCUT2D eigenvalue weighted by Gasteiger charge is 2.08. The molecule has 2 N–H and O–H groups in total. The van der Waals surface area contributed by atoms with E-state index in [9.17, 15) is 0 Å². The summed E-state index contributed by atoms with van der Waals surface area (Å²) >= 11 is 2.27. The van der Waals surface area contributed by atoms with Gasteiger partial charge in [-0.15, -0.1) is 12.4 Å². The van der Waals surface area contributed by atoms with Gasteiger partial charge in [0.1, 0.15) is 5.82 Å². The fraction of sp³-hybridized carbons (Fsp3) is 0.125. The summed E-state index contributed by atoms with van der Waals surface area (Å²) in [6.07, 6.45) is 0. The third kappa shape index (κ3) is 3.66. The van der Waals surface area contributed by atoms with Crippen molar-refractivity contribution in [2.75, 3.05) is 18.5 Å². The van der Waals surface area contributed by atoms with Crippen molar-refractivity contribution < 1.29 is 5.11 Å². The van der Waals surface area contributed by atoms with Crippen LogP contribution in [0.1, 0.15) is 0 Å². The molecule has 0 bridgehead atoms. The van der Waals surface area contributed by atoms with Crippen LogP contribution in [0.5, 0.6) is 0 Å². The lowest BCUT2D eigenvalue weighted by molar-refractivity contribution is 0.311. The van der Waals surface area contributed by atoms with Crippen molar-refractivity contribution in [3.63, 3.8) is 0 Å². The molecule has 2 aromatic carbocycles. The van der Waals surface area contributed by atoms with Crippen LogP contribution in [0.25, 0.3) is 22.3 Å². The number of aliphatic hydroxyl groups excluding tert-OH is 1. The molecular formula is C16H15ClIN3O. The van der Waals surface area contributed by atoms with Crippen molar-refractivity contribution in [3.05, 3.63) is 52.1 Å². The van der Waals surface area contributed by atoms with Gasteiger partial charge in [0.25, 0.3) is 0 Å². The highest BCUT2D eigenvalue weighted by molar-refractivity contribution is 14.1. The smallest absolute Gasteiger partial charge is 0.162 e. The Balaban J connectivity index is 0.00000176. The van der Waals surface area contributed by atoms with Gasteiger partial charge in [-0.25, -0.2) is 9.97 Å². The van der Waals surface area contributed by atoms with Gasteiger partial charge in [-0.2, -0.15) is 0 Å². The van der Waals surface area contributed by atoms with Gasteiger partial charge < -0.3 is 10.4 Å². The van der Waals surface area contributed by atoms with E-state index in [1.165, 1.54) is 3.57 Å². The average molecular weight is 428 g/mol.